The highest BCUT2D eigenvalue weighted by Crippen LogP contribution is 2.19. The Morgan fingerprint density at radius 1 is 1.19 bits per heavy atom. The first-order valence-corrected chi connectivity index (χ1v) is 8.77. The van der Waals surface area contributed by atoms with Crippen molar-refractivity contribution in [3.8, 4) is 0 Å². The summed E-state index contributed by atoms with van der Waals surface area (Å²) in [6.07, 6.45) is 1.83. The van der Waals surface area contributed by atoms with Crippen molar-refractivity contribution in [3.63, 3.8) is 0 Å². The smallest absolute Gasteiger partial charge is 0.148 e. The molecule has 0 saturated carbocycles. The van der Waals surface area contributed by atoms with Gasteiger partial charge in [0.05, 0.1) is 5.75 Å². The van der Waals surface area contributed by atoms with Crippen molar-refractivity contribution in [1.29, 1.82) is 0 Å². The van der Waals surface area contributed by atoms with Gasteiger partial charge in [-0.25, -0.2) is 17.2 Å². The average molecular weight is 320 g/mol. The maximum atomic E-state index is 13.2. The normalized spacial score (nSPS) is 13.6. The largest absolute Gasteiger partial charge is 0.313 e. The first-order valence-electron chi connectivity index (χ1n) is 6.71. The molecule has 0 amide bonds. The highest BCUT2D eigenvalue weighted by molar-refractivity contribution is 7.90. The Morgan fingerprint density at radius 2 is 1.76 bits per heavy atom. The van der Waals surface area contributed by atoms with Gasteiger partial charge in [-0.05, 0) is 44.8 Å². The summed E-state index contributed by atoms with van der Waals surface area (Å²) in [7, 11) is 0.566. The van der Waals surface area contributed by atoms with E-state index in [0.717, 1.165) is 6.07 Å². The van der Waals surface area contributed by atoms with Gasteiger partial charge in [0, 0.05) is 24.9 Å². The zero-order chi connectivity index (χ0) is 16.0. The van der Waals surface area contributed by atoms with Crippen molar-refractivity contribution in [2.75, 3.05) is 39.2 Å². The minimum atomic E-state index is -2.98. The van der Waals surface area contributed by atoms with Crippen LogP contribution in [0.25, 0.3) is 0 Å². The molecule has 0 radical (unpaired) electrons. The monoisotopic (exact) mass is 320 g/mol. The maximum Gasteiger partial charge on any atom is 0.148 e. The lowest BCUT2D eigenvalue weighted by molar-refractivity contribution is 0.326. The number of nitrogens with one attached hydrogen (secondary N) is 1. The second-order valence-corrected chi connectivity index (χ2v) is 7.53. The minimum Gasteiger partial charge on any atom is -0.313 e. The standard InChI is InChI=1S/C14H22F2N2O2S/c1-17-14(11-8-12(15)10-13(16)9-11)4-5-18(2)6-7-21(3,19)20/h8-10,14,17H,4-7H2,1-3H3. The molecule has 0 fully saturated rings. The summed E-state index contributed by atoms with van der Waals surface area (Å²) in [5.41, 5.74) is 0.548. The van der Waals surface area contributed by atoms with Crippen LogP contribution in [0.1, 0.15) is 18.0 Å². The zero-order valence-electron chi connectivity index (χ0n) is 12.6. The van der Waals surface area contributed by atoms with Crippen LogP contribution in [-0.4, -0.2) is 52.5 Å². The molecular weight excluding hydrogens is 298 g/mol. The molecule has 4 nitrogen and oxygen atoms in total. The first-order chi connectivity index (χ1) is 9.71. The van der Waals surface area contributed by atoms with E-state index in [0.29, 0.717) is 25.1 Å². The minimum absolute atomic E-state index is 0.0995. The summed E-state index contributed by atoms with van der Waals surface area (Å²) in [6.45, 7) is 1.06. The highest BCUT2D eigenvalue weighted by atomic mass is 32.2. The van der Waals surface area contributed by atoms with E-state index in [-0.39, 0.29) is 11.8 Å². The predicted molar refractivity (Wildman–Crippen MR) is 80.0 cm³/mol. The molecule has 1 aromatic rings. The lowest BCUT2D eigenvalue weighted by atomic mass is 10.0. The van der Waals surface area contributed by atoms with Crippen molar-refractivity contribution in [2.45, 2.75) is 12.5 Å². The molecule has 0 aliphatic carbocycles. The molecule has 1 unspecified atom stereocenters. The molecule has 0 saturated heterocycles. The number of sulfone groups is 1. The Kier molecular flexibility index (Phi) is 6.70. The van der Waals surface area contributed by atoms with Gasteiger partial charge in [-0.3, -0.25) is 0 Å². The van der Waals surface area contributed by atoms with E-state index in [1.54, 1.807) is 7.05 Å². The van der Waals surface area contributed by atoms with E-state index < -0.39 is 21.5 Å². The Morgan fingerprint density at radius 3 is 2.24 bits per heavy atom. The number of halogens is 2. The van der Waals surface area contributed by atoms with Crippen LogP contribution in [0.4, 0.5) is 8.78 Å². The van der Waals surface area contributed by atoms with Crippen molar-refractivity contribution < 1.29 is 17.2 Å². The molecule has 0 aromatic heterocycles. The van der Waals surface area contributed by atoms with Crippen molar-refractivity contribution >= 4 is 9.84 Å². The summed E-state index contributed by atoms with van der Waals surface area (Å²) >= 11 is 0. The molecule has 1 rings (SSSR count). The Hall–Kier alpha value is -1.05. The molecular formula is C14H22F2N2O2S. The summed E-state index contributed by atoms with van der Waals surface area (Å²) in [4.78, 5) is 1.89. The second-order valence-electron chi connectivity index (χ2n) is 5.27. The number of rotatable bonds is 8. The van der Waals surface area contributed by atoms with Gasteiger partial charge in [0.15, 0.2) is 0 Å². The molecule has 0 aliphatic rings. The molecule has 0 aliphatic heterocycles. The molecule has 1 atom stereocenters. The van der Waals surface area contributed by atoms with Crippen molar-refractivity contribution in [2.24, 2.45) is 0 Å². The van der Waals surface area contributed by atoms with Crippen LogP contribution in [0.2, 0.25) is 0 Å². The summed E-state index contributed by atoms with van der Waals surface area (Å²) in [5.74, 6) is -1.10. The quantitative estimate of drug-likeness (QED) is 0.790. The molecule has 21 heavy (non-hydrogen) atoms. The van der Waals surface area contributed by atoms with Crippen LogP contribution < -0.4 is 5.32 Å². The SMILES string of the molecule is CNC(CCN(C)CCS(C)(=O)=O)c1cc(F)cc(F)c1. The van der Waals surface area contributed by atoms with Crippen molar-refractivity contribution in [1.82, 2.24) is 10.2 Å². The van der Waals surface area contributed by atoms with Crippen LogP contribution in [0.5, 0.6) is 0 Å². The predicted octanol–water partition coefficient (Wildman–Crippen LogP) is 1.59. The first kappa shape index (κ1) is 18.0. The van der Waals surface area contributed by atoms with Crippen LogP contribution in [0.15, 0.2) is 18.2 Å². The molecule has 7 heteroatoms. The highest BCUT2D eigenvalue weighted by Gasteiger charge is 2.13. The molecule has 1 N–H and O–H groups in total. The fourth-order valence-electron chi connectivity index (χ4n) is 2.04. The Labute approximate surface area is 125 Å². The van der Waals surface area contributed by atoms with Gasteiger partial charge in [0.1, 0.15) is 21.5 Å². The van der Waals surface area contributed by atoms with Gasteiger partial charge in [-0.15, -0.1) is 0 Å². The van der Waals surface area contributed by atoms with Gasteiger partial charge < -0.3 is 10.2 Å². The van der Waals surface area contributed by atoms with E-state index >= 15 is 0 Å². The number of nitrogens with zero attached hydrogens (tertiary/aromatic N) is 1. The van der Waals surface area contributed by atoms with Gasteiger partial charge in [0.25, 0.3) is 0 Å². The second kappa shape index (κ2) is 7.82. The zero-order valence-corrected chi connectivity index (χ0v) is 13.4. The van der Waals surface area contributed by atoms with Crippen LogP contribution in [0, 0.1) is 11.6 Å². The topological polar surface area (TPSA) is 49.4 Å². The van der Waals surface area contributed by atoms with E-state index in [9.17, 15) is 17.2 Å². The Bertz CT molecular complexity index is 544. The third-order valence-electron chi connectivity index (χ3n) is 3.28. The van der Waals surface area contributed by atoms with E-state index in [4.69, 9.17) is 0 Å². The van der Waals surface area contributed by atoms with Crippen LogP contribution >= 0.6 is 0 Å². The molecule has 120 valence electrons. The molecule has 1 aromatic carbocycles. The fourth-order valence-corrected chi connectivity index (χ4v) is 2.68. The average Bonchev–Trinajstić information content (AvgIpc) is 2.35. The van der Waals surface area contributed by atoms with Crippen molar-refractivity contribution in [3.05, 3.63) is 35.4 Å². The molecule has 0 bridgehead atoms. The number of benzene rings is 1. The third kappa shape index (κ3) is 6.97. The van der Waals surface area contributed by atoms with E-state index in [1.807, 2.05) is 11.9 Å². The molecule has 0 heterocycles. The van der Waals surface area contributed by atoms with Gasteiger partial charge in [-0.2, -0.15) is 0 Å². The molecule has 0 spiro atoms. The lowest BCUT2D eigenvalue weighted by Gasteiger charge is -2.21. The van der Waals surface area contributed by atoms with Gasteiger partial charge in [0.2, 0.25) is 0 Å². The summed E-state index contributed by atoms with van der Waals surface area (Å²) in [5, 5.41) is 3.02. The summed E-state index contributed by atoms with van der Waals surface area (Å²) in [6, 6.07) is 3.27. The van der Waals surface area contributed by atoms with Gasteiger partial charge >= 0.3 is 0 Å². The fraction of sp³-hybridized carbons (Fsp3) is 0.571. The third-order valence-corrected chi connectivity index (χ3v) is 4.20. The number of hydrogen-bond donors (Lipinski definition) is 1. The Balaban J connectivity index is 2.58. The number of hydrogen-bond acceptors (Lipinski definition) is 4. The van der Waals surface area contributed by atoms with E-state index in [2.05, 4.69) is 5.32 Å². The van der Waals surface area contributed by atoms with E-state index in [1.165, 1.54) is 18.4 Å². The van der Waals surface area contributed by atoms with Crippen LogP contribution in [-0.2, 0) is 9.84 Å². The summed E-state index contributed by atoms with van der Waals surface area (Å²) < 4.78 is 48.7. The maximum absolute atomic E-state index is 13.2. The van der Waals surface area contributed by atoms with Gasteiger partial charge in [-0.1, -0.05) is 0 Å². The lowest BCUT2D eigenvalue weighted by Crippen LogP contribution is -2.29. The van der Waals surface area contributed by atoms with Crippen LogP contribution in [0.3, 0.4) is 0 Å².